The van der Waals surface area contributed by atoms with E-state index in [-0.39, 0.29) is 6.55 Å². The summed E-state index contributed by atoms with van der Waals surface area (Å²) in [6, 6.07) is 0.588. The molecule has 0 aromatic rings. The summed E-state index contributed by atoms with van der Waals surface area (Å²) in [6.07, 6.45) is 6.57. The average Bonchev–Trinajstić information content (AvgIpc) is 2.89. The number of rotatable bonds is 5. The molecular weight excluding hydrogens is 303 g/mol. The standard InChI is InChI=1S/C11H21N2OPS3/c16-11(13-10-4-2-1-3-5-10)12-6-7-14-15-17-8-9-18-15/h10H,1-9H2,(H2,12,13,16). The molecule has 0 amide bonds. The lowest BCUT2D eigenvalue weighted by atomic mass is 9.96. The van der Waals surface area contributed by atoms with Gasteiger partial charge in [0.25, 0.3) is 0 Å². The van der Waals surface area contributed by atoms with Crippen molar-refractivity contribution >= 4 is 46.6 Å². The molecule has 2 N–H and O–H groups in total. The predicted molar refractivity (Wildman–Crippen MR) is 88.4 cm³/mol. The maximum atomic E-state index is 5.78. The van der Waals surface area contributed by atoms with Crippen LogP contribution in [0.3, 0.4) is 0 Å². The second kappa shape index (κ2) is 8.85. The molecule has 1 aliphatic carbocycles. The van der Waals surface area contributed by atoms with Crippen molar-refractivity contribution in [1.29, 1.82) is 0 Å². The molecule has 0 aromatic heterocycles. The molecular formula is C11H21N2OPS3. The third kappa shape index (κ3) is 5.83. The van der Waals surface area contributed by atoms with E-state index >= 15 is 0 Å². The van der Waals surface area contributed by atoms with E-state index in [4.69, 9.17) is 16.7 Å². The first kappa shape index (κ1) is 15.2. The molecule has 0 bridgehead atoms. The van der Waals surface area contributed by atoms with Crippen molar-refractivity contribution < 1.29 is 4.52 Å². The van der Waals surface area contributed by atoms with Crippen LogP contribution in [0.2, 0.25) is 0 Å². The van der Waals surface area contributed by atoms with Crippen molar-refractivity contribution in [3.8, 4) is 0 Å². The van der Waals surface area contributed by atoms with Gasteiger partial charge in [-0.3, -0.25) is 0 Å². The lowest BCUT2D eigenvalue weighted by Crippen LogP contribution is -2.43. The minimum absolute atomic E-state index is 0.263. The molecule has 0 spiro atoms. The van der Waals surface area contributed by atoms with Gasteiger partial charge < -0.3 is 15.2 Å². The van der Waals surface area contributed by atoms with E-state index in [0.29, 0.717) is 6.04 Å². The molecule has 3 nitrogen and oxygen atoms in total. The van der Waals surface area contributed by atoms with Crippen LogP contribution >= 0.6 is 41.5 Å². The summed E-state index contributed by atoms with van der Waals surface area (Å²) in [6.45, 7) is 1.32. The van der Waals surface area contributed by atoms with Gasteiger partial charge in [0.05, 0.1) is 6.61 Å². The molecule has 0 radical (unpaired) electrons. The van der Waals surface area contributed by atoms with Crippen molar-refractivity contribution in [3.05, 3.63) is 0 Å². The van der Waals surface area contributed by atoms with Gasteiger partial charge in [-0.2, -0.15) is 0 Å². The predicted octanol–water partition coefficient (Wildman–Crippen LogP) is 3.51. The van der Waals surface area contributed by atoms with Crippen LogP contribution in [0, 0.1) is 0 Å². The normalized spacial score (nSPS) is 22.0. The molecule has 2 rings (SSSR count). The molecule has 1 saturated carbocycles. The fourth-order valence-electron chi connectivity index (χ4n) is 2.10. The second-order valence-electron chi connectivity index (χ2n) is 4.46. The van der Waals surface area contributed by atoms with Crippen LogP contribution in [0.4, 0.5) is 0 Å². The van der Waals surface area contributed by atoms with E-state index < -0.39 is 0 Å². The van der Waals surface area contributed by atoms with Crippen molar-refractivity contribution in [1.82, 2.24) is 10.6 Å². The van der Waals surface area contributed by atoms with Crippen LogP contribution in [-0.2, 0) is 4.52 Å². The molecule has 18 heavy (non-hydrogen) atoms. The first-order valence-corrected chi connectivity index (χ1v) is 11.4. The summed E-state index contributed by atoms with van der Waals surface area (Å²) < 4.78 is 5.78. The largest absolute Gasteiger partial charge is 0.360 e. The van der Waals surface area contributed by atoms with Crippen LogP contribution in [0.15, 0.2) is 0 Å². The minimum atomic E-state index is -0.263. The molecule has 2 aliphatic rings. The van der Waals surface area contributed by atoms with Crippen molar-refractivity contribution in [2.45, 2.75) is 38.1 Å². The highest BCUT2D eigenvalue weighted by Gasteiger charge is 2.17. The molecule has 7 heteroatoms. The van der Waals surface area contributed by atoms with Crippen LogP contribution in [0.25, 0.3) is 0 Å². The summed E-state index contributed by atoms with van der Waals surface area (Å²) in [5.41, 5.74) is 0. The fraction of sp³-hybridized carbons (Fsp3) is 0.909. The van der Waals surface area contributed by atoms with Crippen LogP contribution in [0.1, 0.15) is 32.1 Å². The summed E-state index contributed by atoms with van der Waals surface area (Å²) >= 11 is 9.22. The third-order valence-electron chi connectivity index (χ3n) is 3.00. The Morgan fingerprint density at radius 2 is 1.94 bits per heavy atom. The van der Waals surface area contributed by atoms with E-state index in [1.54, 1.807) is 0 Å². The van der Waals surface area contributed by atoms with Gasteiger partial charge in [0.1, 0.15) is 0 Å². The number of hydrogen-bond acceptors (Lipinski definition) is 4. The zero-order chi connectivity index (χ0) is 12.6. The Balaban J connectivity index is 1.48. The first-order valence-electron chi connectivity index (χ1n) is 6.58. The monoisotopic (exact) mass is 324 g/mol. The Bertz CT molecular complexity index is 259. The minimum Gasteiger partial charge on any atom is -0.360 e. The molecule has 1 aliphatic heterocycles. The van der Waals surface area contributed by atoms with Gasteiger partial charge in [-0.25, -0.2) is 0 Å². The van der Waals surface area contributed by atoms with E-state index in [0.717, 1.165) is 18.3 Å². The van der Waals surface area contributed by atoms with Crippen LogP contribution < -0.4 is 10.6 Å². The van der Waals surface area contributed by atoms with Gasteiger partial charge in [0.2, 0.25) is 0 Å². The average molecular weight is 324 g/mol. The zero-order valence-corrected chi connectivity index (χ0v) is 13.9. The molecule has 0 unspecified atom stereocenters. The Hall–Kier alpha value is 0.780. The number of thiocarbonyl (C=S) groups is 1. The molecule has 0 aromatic carbocycles. The van der Waals surface area contributed by atoms with E-state index in [9.17, 15) is 0 Å². The van der Waals surface area contributed by atoms with E-state index in [1.165, 1.54) is 43.6 Å². The maximum absolute atomic E-state index is 5.78. The molecule has 1 heterocycles. The molecule has 0 atom stereocenters. The van der Waals surface area contributed by atoms with Gasteiger partial charge in [-0.05, 0) is 25.1 Å². The van der Waals surface area contributed by atoms with Crippen LogP contribution in [0.5, 0.6) is 0 Å². The molecule has 2 fully saturated rings. The topological polar surface area (TPSA) is 33.3 Å². The van der Waals surface area contributed by atoms with Crippen molar-refractivity contribution in [2.75, 3.05) is 24.7 Å². The van der Waals surface area contributed by atoms with Crippen molar-refractivity contribution in [3.63, 3.8) is 0 Å². The lowest BCUT2D eigenvalue weighted by molar-refractivity contribution is 0.369. The smallest absolute Gasteiger partial charge is 0.166 e. The number of hydrogen-bond donors (Lipinski definition) is 2. The Morgan fingerprint density at radius 3 is 2.67 bits per heavy atom. The lowest BCUT2D eigenvalue weighted by Gasteiger charge is -2.24. The quantitative estimate of drug-likeness (QED) is 0.457. The third-order valence-corrected chi connectivity index (χ3v) is 10.0. The van der Waals surface area contributed by atoms with Gasteiger partial charge in [-0.15, -0.1) is 0 Å². The van der Waals surface area contributed by atoms with Gasteiger partial charge in [0, 0.05) is 24.1 Å². The maximum Gasteiger partial charge on any atom is 0.166 e. The van der Waals surface area contributed by atoms with Crippen LogP contribution in [-0.4, -0.2) is 35.8 Å². The van der Waals surface area contributed by atoms with Gasteiger partial charge in [-0.1, -0.05) is 42.0 Å². The Morgan fingerprint density at radius 1 is 1.22 bits per heavy atom. The Labute approximate surface area is 124 Å². The molecule has 1 saturated heterocycles. The zero-order valence-electron chi connectivity index (χ0n) is 10.5. The second-order valence-corrected chi connectivity index (χ2v) is 11.1. The van der Waals surface area contributed by atoms with Crippen molar-refractivity contribution in [2.24, 2.45) is 0 Å². The highest BCUT2D eigenvalue weighted by Crippen LogP contribution is 2.66. The Kier molecular flexibility index (Phi) is 7.46. The highest BCUT2D eigenvalue weighted by atomic mass is 33.1. The van der Waals surface area contributed by atoms with E-state index in [1.807, 2.05) is 22.8 Å². The van der Waals surface area contributed by atoms with E-state index in [2.05, 4.69) is 10.6 Å². The first-order chi connectivity index (χ1) is 8.84. The summed E-state index contributed by atoms with van der Waals surface area (Å²) in [5.74, 6) is 2.48. The van der Waals surface area contributed by atoms with Gasteiger partial charge >= 0.3 is 0 Å². The summed E-state index contributed by atoms with van der Waals surface area (Å²) in [7, 11) is 0. The number of nitrogens with one attached hydrogen (secondary N) is 2. The molecule has 104 valence electrons. The summed E-state index contributed by atoms with van der Waals surface area (Å²) in [5, 5.41) is 7.44. The highest BCUT2D eigenvalue weighted by molar-refractivity contribution is 8.88. The summed E-state index contributed by atoms with van der Waals surface area (Å²) in [4.78, 5) is 0. The van der Waals surface area contributed by atoms with Gasteiger partial charge in [0.15, 0.2) is 11.7 Å². The SMILES string of the molecule is S=C(NCCOP1SCCS1)NC1CCCCC1. The fourth-order valence-corrected chi connectivity index (χ4v) is 9.10.